The summed E-state index contributed by atoms with van der Waals surface area (Å²) in [6.07, 6.45) is 6.97. The Morgan fingerprint density at radius 2 is 2.23 bits per heavy atom. The number of hydrazone groups is 1. The monoisotopic (exact) mass is 440 g/mol. The highest BCUT2D eigenvalue weighted by Crippen LogP contribution is 2.33. The molecule has 0 radical (unpaired) electrons. The molecule has 0 unspecified atom stereocenters. The molecule has 3 aromatic rings. The Morgan fingerprint density at radius 1 is 1.42 bits per heavy atom. The molecule has 0 bridgehead atoms. The first-order valence-electron chi connectivity index (χ1n) is 10.3. The fraction of sp³-hybridized carbons (Fsp3) is 0.364. The quantitative estimate of drug-likeness (QED) is 0.452. The number of aromatic nitrogens is 2. The van der Waals surface area contributed by atoms with Gasteiger partial charge in [0.15, 0.2) is 11.5 Å². The van der Waals surface area contributed by atoms with Crippen molar-refractivity contribution in [2.24, 2.45) is 5.10 Å². The number of thiophene rings is 1. The number of phenols is 1. The van der Waals surface area contributed by atoms with E-state index in [0.717, 1.165) is 36.1 Å². The summed E-state index contributed by atoms with van der Waals surface area (Å²) >= 11 is 1.58. The molecular weight excluding hydrogens is 416 g/mol. The van der Waals surface area contributed by atoms with Crippen molar-refractivity contribution in [3.63, 3.8) is 0 Å². The smallest absolute Gasteiger partial charge is 0.263 e. The maximum Gasteiger partial charge on any atom is 0.263 e. The van der Waals surface area contributed by atoms with Crippen molar-refractivity contribution in [1.82, 2.24) is 15.0 Å². The minimum Gasteiger partial charge on any atom is -0.504 e. The predicted octanol–water partition coefficient (Wildman–Crippen LogP) is 3.15. The molecule has 2 heterocycles. The van der Waals surface area contributed by atoms with Gasteiger partial charge in [0.25, 0.3) is 11.5 Å². The van der Waals surface area contributed by atoms with Crippen LogP contribution in [0.2, 0.25) is 0 Å². The SMILES string of the molecule is CCOc1cc(/C=N\NC(=O)[C@H](C)n2cnc3sc4c(c3c2=O)CCCC4)ccc1O. The number of aromatic hydroxyl groups is 1. The van der Waals surface area contributed by atoms with Crippen molar-refractivity contribution in [2.75, 3.05) is 6.61 Å². The minimum absolute atomic E-state index is 0.0366. The predicted molar refractivity (Wildman–Crippen MR) is 120 cm³/mol. The van der Waals surface area contributed by atoms with Crippen molar-refractivity contribution in [3.8, 4) is 11.5 Å². The van der Waals surface area contributed by atoms with E-state index in [9.17, 15) is 14.7 Å². The molecule has 1 atom stereocenters. The zero-order chi connectivity index (χ0) is 22.0. The van der Waals surface area contributed by atoms with Gasteiger partial charge in [0, 0.05) is 4.88 Å². The highest BCUT2D eigenvalue weighted by atomic mass is 32.1. The number of benzene rings is 1. The molecule has 162 valence electrons. The van der Waals surface area contributed by atoms with Gasteiger partial charge in [-0.25, -0.2) is 10.4 Å². The molecular formula is C22H24N4O4S. The zero-order valence-corrected chi connectivity index (χ0v) is 18.2. The van der Waals surface area contributed by atoms with Gasteiger partial charge in [-0.05, 0) is 68.9 Å². The number of hydrogen-bond acceptors (Lipinski definition) is 7. The van der Waals surface area contributed by atoms with Gasteiger partial charge in [-0.15, -0.1) is 11.3 Å². The lowest BCUT2D eigenvalue weighted by Gasteiger charge is -2.14. The number of ether oxygens (including phenoxy) is 1. The van der Waals surface area contributed by atoms with Gasteiger partial charge in [-0.1, -0.05) is 0 Å². The third-order valence-corrected chi connectivity index (χ3v) is 6.57. The molecule has 0 saturated heterocycles. The van der Waals surface area contributed by atoms with Gasteiger partial charge in [0.2, 0.25) is 0 Å². The molecule has 9 heteroatoms. The van der Waals surface area contributed by atoms with Crippen LogP contribution in [0.4, 0.5) is 0 Å². The lowest BCUT2D eigenvalue weighted by molar-refractivity contribution is -0.123. The molecule has 1 amide bonds. The van der Waals surface area contributed by atoms with Gasteiger partial charge in [0.1, 0.15) is 10.9 Å². The third-order valence-electron chi connectivity index (χ3n) is 5.37. The van der Waals surface area contributed by atoms with E-state index in [-0.39, 0.29) is 11.3 Å². The van der Waals surface area contributed by atoms with Crippen LogP contribution in [0.15, 0.2) is 34.4 Å². The summed E-state index contributed by atoms with van der Waals surface area (Å²) in [6.45, 7) is 3.89. The van der Waals surface area contributed by atoms with Crippen LogP contribution < -0.4 is 15.7 Å². The van der Waals surface area contributed by atoms with Crippen LogP contribution in [0.5, 0.6) is 11.5 Å². The molecule has 31 heavy (non-hydrogen) atoms. The van der Waals surface area contributed by atoms with E-state index in [1.807, 2.05) is 6.92 Å². The fourth-order valence-corrected chi connectivity index (χ4v) is 4.93. The molecule has 4 rings (SSSR count). The standard InChI is InChI=1S/C22H24N4O4S/c1-3-30-17-10-14(8-9-16(17)27)11-24-25-20(28)13(2)26-12-23-21-19(22(26)29)15-6-4-5-7-18(15)31-21/h8-13,27H,3-7H2,1-2H3,(H,25,28)/b24-11-/t13-/m0/s1. The van der Waals surface area contributed by atoms with Crippen molar-refractivity contribution in [1.29, 1.82) is 0 Å². The molecule has 0 aliphatic heterocycles. The first-order chi connectivity index (χ1) is 15.0. The van der Waals surface area contributed by atoms with Crippen molar-refractivity contribution in [3.05, 3.63) is 50.9 Å². The molecule has 1 aliphatic rings. The summed E-state index contributed by atoms with van der Waals surface area (Å²) in [6, 6.07) is 4.01. The molecule has 1 aromatic carbocycles. The highest BCUT2D eigenvalue weighted by molar-refractivity contribution is 7.18. The molecule has 0 saturated carbocycles. The van der Waals surface area contributed by atoms with E-state index in [4.69, 9.17) is 4.74 Å². The molecule has 0 spiro atoms. The average Bonchev–Trinajstić information content (AvgIpc) is 3.15. The molecule has 2 aromatic heterocycles. The lowest BCUT2D eigenvalue weighted by Crippen LogP contribution is -2.34. The normalized spacial score (nSPS) is 14.5. The number of nitrogens with one attached hydrogen (secondary N) is 1. The summed E-state index contributed by atoms with van der Waals surface area (Å²) in [5, 5.41) is 14.4. The first kappa shape index (κ1) is 21.0. The lowest BCUT2D eigenvalue weighted by atomic mass is 9.97. The van der Waals surface area contributed by atoms with E-state index in [0.29, 0.717) is 23.3 Å². The van der Waals surface area contributed by atoms with Crippen LogP contribution in [0.1, 0.15) is 48.7 Å². The van der Waals surface area contributed by atoms with Gasteiger partial charge in [0.05, 0.1) is 24.5 Å². The molecule has 2 N–H and O–H groups in total. The number of carbonyl (C=O) groups is 1. The Kier molecular flexibility index (Phi) is 6.03. The van der Waals surface area contributed by atoms with Gasteiger partial charge >= 0.3 is 0 Å². The third kappa shape index (κ3) is 4.18. The van der Waals surface area contributed by atoms with Gasteiger partial charge in [-0.2, -0.15) is 5.10 Å². The molecule has 0 fully saturated rings. The van der Waals surface area contributed by atoms with E-state index >= 15 is 0 Å². The van der Waals surface area contributed by atoms with E-state index in [1.165, 1.54) is 28.1 Å². The topological polar surface area (TPSA) is 106 Å². The van der Waals surface area contributed by atoms with Crippen LogP contribution in [0.3, 0.4) is 0 Å². The number of rotatable bonds is 6. The number of fused-ring (bicyclic) bond motifs is 3. The van der Waals surface area contributed by atoms with E-state index < -0.39 is 11.9 Å². The summed E-state index contributed by atoms with van der Waals surface area (Å²) in [7, 11) is 0. The van der Waals surface area contributed by atoms with E-state index in [2.05, 4.69) is 15.5 Å². The highest BCUT2D eigenvalue weighted by Gasteiger charge is 2.23. The second kappa shape index (κ2) is 8.89. The van der Waals surface area contributed by atoms with Crippen molar-refractivity contribution < 1.29 is 14.6 Å². The summed E-state index contributed by atoms with van der Waals surface area (Å²) in [4.78, 5) is 32.1. The number of carbonyl (C=O) groups excluding carboxylic acids is 1. The van der Waals surface area contributed by atoms with Gasteiger partial charge in [-0.3, -0.25) is 14.2 Å². The first-order valence-corrected chi connectivity index (χ1v) is 11.1. The van der Waals surface area contributed by atoms with Crippen LogP contribution >= 0.6 is 11.3 Å². The largest absolute Gasteiger partial charge is 0.504 e. The second-order valence-electron chi connectivity index (χ2n) is 7.42. The number of hydrogen-bond donors (Lipinski definition) is 2. The summed E-state index contributed by atoms with van der Waals surface area (Å²) < 4.78 is 6.70. The summed E-state index contributed by atoms with van der Waals surface area (Å²) in [5.74, 6) is -0.0434. The average molecular weight is 441 g/mol. The fourth-order valence-electron chi connectivity index (χ4n) is 3.71. The van der Waals surface area contributed by atoms with Crippen LogP contribution in [-0.4, -0.2) is 33.4 Å². The number of amides is 1. The van der Waals surface area contributed by atoms with Gasteiger partial charge < -0.3 is 9.84 Å². The number of phenolic OH excluding ortho intramolecular Hbond substituents is 1. The second-order valence-corrected chi connectivity index (χ2v) is 8.50. The Labute approximate surface area is 183 Å². The molecule has 8 nitrogen and oxygen atoms in total. The van der Waals surface area contributed by atoms with Crippen LogP contribution in [0, 0.1) is 0 Å². The molecule has 1 aliphatic carbocycles. The van der Waals surface area contributed by atoms with E-state index in [1.54, 1.807) is 30.4 Å². The Morgan fingerprint density at radius 3 is 3.03 bits per heavy atom. The maximum absolute atomic E-state index is 13.1. The summed E-state index contributed by atoms with van der Waals surface area (Å²) in [5.41, 5.74) is 4.04. The van der Waals surface area contributed by atoms with Crippen molar-refractivity contribution in [2.45, 2.75) is 45.6 Å². The van der Waals surface area contributed by atoms with Crippen LogP contribution in [0.25, 0.3) is 10.2 Å². The zero-order valence-electron chi connectivity index (χ0n) is 17.4. The Balaban J connectivity index is 1.51. The number of nitrogens with zero attached hydrogens (tertiary/aromatic N) is 3. The Bertz CT molecular complexity index is 1210. The Hall–Kier alpha value is -3.20. The van der Waals surface area contributed by atoms with Crippen LogP contribution in [-0.2, 0) is 17.6 Å². The van der Waals surface area contributed by atoms with Crippen molar-refractivity contribution >= 4 is 33.7 Å². The number of aryl methyl sites for hydroxylation is 2. The maximum atomic E-state index is 13.1. The minimum atomic E-state index is -0.764.